The average Bonchev–Trinajstić information content (AvgIpc) is 3.58. The smallest absolute Gasteiger partial charge is 0.270 e. The second kappa shape index (κ2) is 8.82. The summed E-state index contributed by atoms with van der Waals surface area (Å²) >= 11 is 0. The average molecular weight is 545 g/mol. The number of nitrogens with zero attached hydrogens (tertiary/aromatic N) is 4. The van der Waals surface area contributed by atoms with E-state index in [2.05, 4.69) is 9.97 Å². The summed E-state index contributed by atoms with van der Waals surface area (Å²) in [5.74, 6) is 0.364. The van der Waals surface area contributed by atoms with Crippen LogP contribution in [-0.4, -0.2) is 41.9 Å². The van der Waals surface area contributed by atoms with Crippen LogP contribution in [0.5, 0.6) is 5.75 Å². The first-order valence-electron chi connectivity index (χ1n) is 11.4. The number of fused-ring (bicyclic) bond motifs is 2. The lowest BCUT2D eigenvalue weighted by atomic mass is 10.1. The number of imidazole rings is 2. The van der Waals surface area contributed by atoms with E-state index in [0.717, 1.165) is 7.94 Å². The minimum atomic E-state index is -4.09. The SMILES string of the molecule is COc1ccc(-c2ccc(S(=O)(=O)n3cnc4ccccc43)cc2)c(S(=O)(=O)n2cnc3ccccc32)c1. The van der Waals surface area contributed by atoms with Crippen LogP contribution in [0.2, 0.25) is 0 Å². The molecule has 0 atom stereocenters. The van der Waals surface area contributed by atoms with E-state index in [0.29, 0.717) is 38.9 Å². The normalized spacial score (nSPS) is 12.2. The van der Waals surface area contributed by atoms with Gasteiger partial charge in [0.25, 0.3) is 20.0 Å². The number of ether oxygens (including phenoxy) is 1. The Morgan fingerprint density at radius 3 is 1.79 bits per heavy atom. The number of hydrogen-bond acceptors (Lipinski definition) is 7. The minimum Gasteiger partial charge on any atom is -0.497 e. The molecule has 0 unspecified atom stereocenters. The van der Waals surface area contributed by atoms with Crippen molar-refractivity contribution in [3.63, 3.8) is 0 Å². The molecule has 0 N–H and O–H groups in total. The van der Waals surface area contributed by atoms with Crippen molar-refractivity contribution in [2.45, 2.75) is 9.79 Å². The zero-order valence-corrected chi connectivity index (χ0v) is 21.6. The highest BCUT2D eigenvalue weighted by atomic mass is 32.2. The first-order valence-corrected chi connectivity index (χ1v) is 14.3. The Morgan fingerprint density at radius 1 is 0.658 bits per heavy atom. The summed E-state index contributed by atoms with van der Waals surface area (Å²) in [6, 6.07) is 24.7. The molecule has 9 nitrogen and oxygen atoms in total. The van der Waals surface area contributed by atoms with Gasteiger partial charge < -0.3 is 4.74 Å². The molecule has 6 aromatic rings. The first-order chi connectivity index (χ1) is 18.3. The number of rotatable bonds is 6. The highest BCUT2D eigenvalue weighted by Crippen LogP contribution is 2.34. The second-order valence-corrected chi connectivity index (χ2v) is 12.1. The van der Waals surface area contributed by atoms with Crippen LogP contribution in [0.4, 0.5) is 0 Å². The van der Waals surface area contributed by atoms with E-state index in [9.17, 15) is 16.8 Å². The van der Waals surface area contributed by atoms with Crippen molar-refractivity contribution in [2.24, 2.45) is 0 Å². The standard InChI is InChI=1S/C27H20N4O5S2/c1-36-20-12-15-22(27(16-20)38(34,35)31-18-29-24-7-3-5-9-26(24)31)19-10-13-21(14-11-19)37(32,33)30-17-28-23-6-2-4-8-25(23)30/h2-18H,1H3. The van der Waals surface area contributed by atoms with Crippen LogP contribution < -0.4 is 4.74 Å². The zero-order chi connectivity index (χ0) is 26.5. The van der Waals surface area contributed by atoms with Crippen LogP contribution in [0.25, 0.3) is 33.2 Å². The van der Waals surface area contributed by atoms with E-state index in [-0.39, 0.29) is 9.79 Å². The van der Waals surface area contributed by atoms with Crippen molar-refractivity contribution in [2.75, 3.05) is 7.11 Å². The maximum Gasteiger partial charge on any atom is 0.270 e. The van der Waals surface area contributed by atoms with Crippen LogP contribution in [0, 0.1) is 0 Å². The molecule has 0 amide bonds. The lowest BCUT2D eigenvalue weighted by Crippen LogP contribution is -2.13. The van der Waals surface area contributed by atoms with Gasteiger partial charge in [-0.3, -0.25) is 0 Å². The zero-order valence-electron chi connectivity index (χ0n) is 20.0. The number of benzene rings is 4. The van der Waals surface area contributed by atoms with Gasteiger partial charge in [-0.2, -0.15) is 0 Å². The molecule has 0 aliphatic carbocycles. The van der Waals surface area contributed by atoms with Crippen molar-refractivity contribution in [1.82, 2.24) is 17.9 Å². The molecule has 2 heterocycles. The molecule has 0 radical (unpaired) electrons. The molecule has 4 aromatic carbocycles. The van der Waals surface area contributed by atoms with Gasteiger partial charge in [-0.1, -0.05) is 36.4 Å². The number of hydrogen-bond donors (Lipinski definition) is 0. The van der Waals surface area contributed by atoms with Crippen LogP contribution in [0.1, 0.15) is 0 Å². The molecule has 0 fully saturated rings. The van der Waals surface area contributed by atoms with Crippen LogP contribution in [0.15, 0.2) is 113 Å². The fraction of sp³-hybridized carbons (Fsp3) is 0.0370. The molecule has 2 aromatic heterocycles. The molecule has 0 aliphatic heterocycles. The summed E-state index contributed by atoms with van der Waals surface area (Å²) in [5.41, 5.74) is 2.92. The van der Waals surface area contributed by atoms with Crippen LogP contribution in [-0.2, 0) is 20.0 Å². The fourth-order valence-corrected chi connectivity index (χ4v) is 7.18. The van der Waals surface area contributed by atoms with Crippen molar-refractivity contribution in [3.8, 4) is 16.9 Å². The van der Waals surface area contributed by atoms with Crippen LogP contribution in [0.3, 0.4) is 0 Å². The largest absolute Gasteiger partial charge is 0.497 e. The number of methoxy groups -OCH3 is 1. The van der Waals surface area contributed by atoms with E-state index in [1.807, 2.05) is 0 Å². The predicted molar refractivity (Wildman–Crippen MR) is 143 cm³/mol. The maximum absolute atomic E-state index is 13.8. The van der Waals surface area contributed by atoms with Gasteiger partial charge >= 0.3 is 0 Å². The molecule has 0 spiro atoms. The summed E-state index contributed by atoms with van der Waals surface area (Å²) in [6.07, 6.45) is 2.55. The van der Waals surface area contributed by atoms with Crippen molar-refractivity contribution < 1.29 is 21.6 Å². The van der Waals surface area contributed by atoms with Gasteiger partial charge in [0.05, 0.1) is 39.0 Å². The third-order valence-electron chi connectivity index (χ3n) is 6.29. The van der Waals surface area contributed by atoms with E-state index >= 15 is 0 Å². The lowest BCUT2D eigenvalue weighted by molar-refractivity contribution is 0.413. The second-order valence-electron chi connectivity index (χ2n) is 8.45. The monoisotopic (exact) mass is 544 g/mol. The maximum atomic E-state index is 13.8. The van der Waals surface area contributed by atoms with Crippen molar-refractivity contribution in [3.05, 3.63) is 104 Å². The van der Waals surface area contributed by atoms with Crippen LogP contribution >= 0.6 is 0 Å². The summed E-state index contributed by atoms with van der Waals surface area (Å²) in [4.78, 5) is 8.43. The van der Waals surface area contributed by atoms with Gasteiger partial charge in [0.15, 0.2) is 0 Å². The Labute approximate surface area is 218 Å². The topological polar surface area (TPSA) is 113 Å². The Kier molecular flexibility index (Phi) is 5.55. The summed E-state index contributed by atoms with van der Waals surface area (Å²) in [5, 5.41) is 0. The molecule has 190 valence electrons. The van der Waals surface area contributed by atoms with E-state index in [4.69, 9.17) is 4.74 Å². The highest BCUT2D eigenvalue weighted by Gasteiger charge is 2.25. The Balaban J connectivity index is 1.46. The van der Waals surface area contributed by atoms with Gasteiger partial charge in [-0.15, -0.1) is 0 Å². The molecule has 0 saturated heterocycles. The summed E-state index contributed by atoms with van der Waals surface area (Å²) in [6.45, 7) is 0. The van der Waals surface area contributed by atoms with Gasteiger partial charge in [0.2, 0.25) is 0 Å². The lowest BCUT2D eigenvalue weighted by Gasteiger charge is -2.14. The molecule has 0 bridgehead atoms. The number of aromatic nitrogens is 4. The molecule has 11 heteroatoms. The Bertz CT molecular complexity index is 2040. The molecule has 0 aliphatic rings. The van der Waals surface area contributed by atoms with E-state index in [1.54, 1.807) is 72.8 Å². The third kappa shape index (κ3) is 3.75. The van der Waals surface area contributed by atoms with Crippen molar-refractivity contribution >= 4 is 42.1 Å². The van der Waals surface area contributed by atoms with Gasteiger partial charge in [-0.25, -0.2) is 34.7 Å². The first kappa shape index (κ1) is 23.9. The Morgan fingerprint density at radius 2 is 1.21 bits per heavy atom. The van der Waals surface area contributed by atoms with Crippen molar-refractivity contribution in [1.29, 1.82) is 0 Å². The van der Waals surface area contributed by atoms with E-state index in [1.165, 1.54) is 38.0 Å². The number of para-hydroxylation sites is 4. The minimum absolute atomic E-state index is 0.00351. The highest BCUT2D eigenvalue weighted by molar-refractivity contribution is 7.90. The van der Waals surface area contributed by atoms with Gasteiger partial charge in [0.1, 0.15) is 18.4 Å². The summed E-state index contributed by atoms with van der Waals surface area (Å²) < 4.78 is 61.9. The molecule has 38 heavy (non-hydrogen) atoms. The summed E-state index contributed by atoms with van der Waals surface area (Å²) in [7, 11) is -6.56. The molecule has 0 saturated carbocycles. The Hall–Kier alpha value is -4.48. The molecular weight excluding hydrogens is 524 g/mol. The van der Waals surface area contributed by atoms with E-state index < -0.39 is 20.0 Å². The van der Waals surface area contributed by atoms with Gasteiger partial charge in [-0.05, 0) is 54.1 Å². The molecular formula is C27H20N4O5S2. The predicted octanol–water partition coefficient (Wildman–Crippen LogP) is 4.54. The fourth-order valence-electron chi connectivity index (χ4n) is 4.36. The third-order valence-corrected chi connectivity index (χ3v) is 9.67. The quantitative estimate of drug-likeness (QED) is 0.303. The molecule has 6 rings (SSSR count). The van der Waals surface area contributed by atoms with Gasteiger partial charge in [0, 0.05) is 11.6 Å².